The van der Waals surface area contributed by atoms with Crippen molar-refractivity contribution in [2.24, 2.45) is 11.8 Å². The normalized spacial score (nSPS) is 25.1. The summed E-state index contributed by atoms with van der Waals surface area (Å²) in [4.78, 5) is 16.6. The van der Waals surface area contributed by atoms with E-state index in [9.17, 15) is 4.79 Å². The lowest BCUT2D eigenvalue weighted by Gasteiger charge is -2.38. The average molecular weight is 266 g/mol. The molecule has 0 radical (unpaired) electrons. The van der Waals surface area contributed by atoms with Gasteiger partial charge >= 0.3 is 0 Å². The van der Waals surface area contributed by atoms with Crippen LogP contribution in [-0.4, -0.2) is 54.3 Å². The van der Waals surface area contributed by atoms with Crippen molar-refractivity contribution in [3.63, 3.8) is 0 Å². The van der Waals surface area contributed by atoms with E-state index in [2.05, 4.69) is 23.6 Å². The Morgan fingerprint density at radius 2 is 1.63 bits per heavy atom. The maximum absolute atomic E-state index is 11.4. The van der Waals surface area contributed by atoms with Crippen molar-refractivity contribution in [1.29, 1.82) is 0 Å². The number of ketones is 1. The summed E-state index contributed by atoms with van der Waals surface area (Å²) in [6.07, 6.45) is 4.87. The topological polar surface area (TPSA) is 23.6 Å². The van der Waals surface area contributed by atoms with Gasteiger partial charge in [0.25, 0.3) is 0 Å². The number of nitrogens with zero attached hydrogens (tertiary/aromatic N) is 2. The predicted octanol–water partition coefficient (Wildman–Crippen LogP) is 2.41. The third-order valence-corrected chi connectivity index (χ3v) is 5.06. The highest BCUT2D eigenvalue weighted by molar-refractivity contribution is 5.78. The third-order valence-electron chi connectivity index (χ3n) is 5.06. The third kappa shape index (κ3) is 4.28. The molecule has 0 aromatic carbocycles. The zero-order valence-corrected chi connectivity index (χ0v) is 12.9. The highest BCUT2D eigenvalue weighted by atomic mass is 16.1. The summed E-state index contributed by atoms with van der Waals surface area (Å²) < 4.78 is 0. The van der Waals surface area contributed by atoms with Gasteiger partial charge in [-0.25, -0.2) is 0 Å². The van der Waals surface area contributed by atoms with E-state index >= 15 is 0 Å². The van der Waals surface area contributed by atoms with Crippen LogP contribution < -0.4 is 0 Å². The Morgan fingerprint density at radius 1 is 1.05 bits per heavy atom. The molecule has 2 aliphatic rings. The molecule has 110 valence electrons. The molecule has 0 saturated carbocycles. The van der Waals surface area contributed by atoms with Crippen LogP contribution >= 0.6 is 0 Å². The van der Waals surface area contributed by atoms with E-state index in [1.165, 1.54) is 32.5 Å². The number of Topliss-reactive ketones (excluding diaryl/α,β-unsaturated/α-hetero) is 1. The van der Waals surface area contributed by atoms with E-state index in [1.54, 1.807) is 6.92 Å². The second kappa shape index (κ2) is 6.85. The van der Waals surface area contributed by atoms with Gasteiger partial charge in [-0.2, -0.15) is 0 Å². The van der Waals surface area contributed by atoms with Crippen molar-refractivity contribution < 1.29 is 4.79 Å². The Morgan fingerprint density at radius 3 is 2.11 bits per heavy atom. The Balaban J connectivity index is 1.68. The lowest BCUT2D eigenvalue weighted by molar-refractivity contribution is -0.122. The smallest absolute Gasteiger partial charge is 0.133 e. The van der Waals surface area contributed by atoms with Crippen LogP contribution in [0.25, 0.3) is 0 Å². The molecule has 0 amide bonds. The van der Waals surface area contributed by atoms with Crippen molar-refractivity contribution in [2.75, 3.05) is 32.7 Å². The van der Waals surface area contributed by atoms with Crippen LogP contribution in [0.5, 0.6) is 0 Å². The molecule has 2 aliphatic heterocycles. The molecule has 0 N–H and O–H groups in total. The SMILES string of the molecule is CC(=O)C1CCN(CC2CCN(C(C)C)CC2)CC1. The van der Waals surface area contributed by atoms with Crippen LogP contribution in [0.1, 0.15) is 46.5 Å². The first-order valence-corrected chi connectivity index (χ1v) is 8.03. The van der Waals surface area contributed by atoms with Crippen LogP contribution in [0.3, 0.4) is 0 Å². The second-order valence-corrected chi connectivity index (χ2v) is 6.76. The summed E-state index contributed by atoms with van der Waals surface area (Å²) in [5, 5.41) is 0. The van der Waals surface area contributed by atoms with Gasteiger partial charge in [-0.05, 0) is 78.6 Å². The fourth-order valence-corrected chi connectivity index (χ4v) is 3.54. The van der Waals surface area contributed by atoms with Gasteiger partial charge in [0.05, 0.1) is 0 Å². The fourth-order valence-electron chi connectivity index (χ4n) is 3.54. The van der Waals surface area contributed by atoms with E-state index in [4.69, 9.17) is 0 Å². The van der Waals surface area contributed by atoms with Crippen LogP contribution in [0.2, 0.25) is 0 Å². The number of carbonyl (C=O) groups is 1. The largest absolute Gasteiger partial charge is 0.303 e. The maximum Gasteiger partial charge on any atom is 0.133 e. The molecule has 0 bridgehead atoms. The van der Waals surface area contributed by atoms with Crippen molar-refractivity contribution in [3.05, 3.63) is 0 Å². The summed E-state index contributed by atoms with van der Waals surface area (Å²) >= 11 is 0. The molecule has 0 aliphatic carbocycles. The number of hydrogen-bond donors (Lipinski definition) is 0. The van der Waals surface area contributed by atoms with Gasteiger partial charge in [0.1, 0.15) is 5.78 Å². The van der Waals surface area contributed by atoms with E-state index in [0.29, 0.717) is 17.7 Å². The van der Waals surface area contributed by atoms with Crippen LogP contribution in [0.15, 0.2) is 0 Å². The first-order chi connectivity index (χ1) is 9.06. The minimum absolute atomic E-state index is 0.346. The Hall–Kier alpha value is -0.410. The van der Waals surface area contributed by atoms with Crippen molar-refractivity contribution in [2.45, 2.75) is 52.5 Å². The Kier molecular flexibility index (Phi) is 5.40. The molecule has 0 atom stereocenters. The summed E-state index contributed by atoms with van der Waals surface area (Å²) in [6.45, 7) is 12.4. The van der Waals surface area contributed by atoms with Gasteiger partial charge in [-0.15, -0.1) is 0 Å². The molecule has 2 saturated heterocycles. The molecule has 3 nitrogen and oxygen atoms in total. The van der Waals surface area contributed by atoms with Crippen molar-refractivity contribution >= 4 is 5.78 Å². The second-order valence-electron chi connectivity index (χ2n) is 6.76. The maximum atomic E-state index is 11.4. The molecule has 0 unspecified atom stereocenters. The molecular formula is C16H30N2O. The number of hydrogen-bond acceptors (Lipinski definition) is 3. The summed E-state index contributed by atoms with van der Waals surface area (Å²) in [5.41, 5.74) is 0. The average Bonchev–Trinajstić information content (AvgIpc) is 2.40. The number of rotatable bonds is 4. The monoisotopic (exact) mass is 266 g/mol. The molecule has 2 rings (SSSR count). The molecule has 2 heterocycles. The Labute approximate surface area is 118 Å². The predicted molar refractivity (Wildman–Crippen MR) is 79.3 cm³/mol. The fraction of sp³-hybridized carbons (Fsp3) is 0.938. The lowest BCUT2D eigenvalue weighted by Crippen LogP contribution is -2.43. The van der Waals surface area contributed by atoms with Gasteiger partial charge in [0.2, 0.25) is 0 Å². The van der Waals surface area contributed by atoms with Gasteiger partial charge in [0, 0.05) is 18.5 Å². The number of piperidine rings is 2. The van der Waals surface area contributed by atoms with E-state index < -0.39 is 0 Å². The van der Waals surface area contributed by atoms with E-state index in [-0.39, 0.29) is 0 Å². The quantitative estimate of drug-likeness (QED) is 0.781. The van der Waals surface area contributed by atoms with Gasteiger partial charge in [0.15, 0.2) is 0 Å². The van der Waals surface area contributed by atoms with Gasteiger partial charge < -0.3 is 9.80 Å². The summed E-state index contributed by atoms with van der Waals surface area (Å²) in [6, 6.07) is 0.701. The zero-order chi connectivity index (χ0) is 13.8. The molecule has 0 aromatic rings. The van der Waals surface area contributed by atoms with E-state index in [0.717, 1.165) is 31.8 Å². The molecule has 3 heteroatoms. The molecule has 19 heavy (non-hydrogen) atoms. The highest BCUT2D eigenvalue weighted by Gasteiger charge is 2.26. The number of likely N-dealkylation sites (tertiary alicyclic amines) is 2. The number of carbonyl (C=O) groups excluding carboxylic acids is 1. The van der Waals surface area contributed by atoms with Crippen molar-refractivity contribution in [1.82, 2.24) is 9.80 Å². The van der Waals surface area contributed by atoms with Crippen LogP contribution in [0.4, 0.5) is 0 Å². The van der Waals surface area contributed by atoms with E-state index in [1.807, 2.05) is 0 Å². The minimum Gasteiger partial charge on any atom is -0.303 e. The minimum atomic E-state index is 0.346. The molecule has 0 aromatic heterocycles. The van der Waals surface area contributed by atoms with Crippen molar-refractivity contribution in [3.8, 4) is 0 Å². The molecular weight excluding hydrogens is 236 g/mol. The first kappa shape index (κ1) is 15.0. The Bertz CT molecular complexity index is 287. The van der Waals surface area contributed by atoms with Crippen LogP contribution in [-0.2, 0) is 4.79 Å². The van der Waals surface area contributed by atoms with Gasteiger partial charge in [-0.1, -0.05) is 0 Å². The first-order valence-electron chi connectivity index (χ1n) is 8.03. The van der Waals surface area contributed by atoms with Crippen LogP contribution in [0, 0.1) is 11.8 Å². The molecule has 2 fully saturated rings. The summed E-state index contributed by atoms with van der Waals surface area (Å²) in [7, 11) is 0. The standard InChI is InChI=1S/C16H30N2O/c1-13(2)18-10-4-15(5-11-18)12-17-8-6-16(7-9-17)14(3)19/h13,15-16H,4-12H2,1-3H3. The highest BCUT2D eigenvalue weighted by Crippen LogP contribution is 2.23. The lowest BCUT2D eigenvalue weighted by atomic mass is 9.91. The summed E-state index contributed by atoms with van der Waals surface area (Å²) in [5.74, 6) is 1.62. The molecule has 0 spiro atoms. The zero-order valence-electron chi connectivity index (χ0n) is 12.9. The van der Waals surface area contributed by atoms with Gasteiger partial charge in [-0.3, -0.25) is 4.79 Å².